The Morgan fingerprint density at radius 2 is 1.82 bits per heavy atom. The van der Waals surface area contributed by atoms with Gasteiger partial charge in [-0.15, -0.1) is 0 Å². The maximum Gasteiger partial charge on any atom is 0.308 e. The number of hydrogen-bond acceptors (Lipinski definition) is 4. The van der Waals surface area contributed by atoms with E-state index in [2.05, 4.69) is 5.16 Å². The zero-order valence-electron chi connectivity index (χ0n) is 11.2. The highest BCUT2D eigenvalue weighted by molar-refractivity contribution is 5.92. The lowest BCUT2D eigenvalue weighted by molar-refractivity contribution is -0.131. The standard InChI is InChI=1S/C15H8F3NO3/c1-7(20)21-9-2-3-10-13(6-9)22-19-15(10)8-4-11(16)14(18)12(17)5-8/h2-6H,1H3. The highest BCUT2D eigenvalue weighted by Gasteiger charge is 2.17. The minimum atomic E-state index is -1.55. The van der Waals surface area contributed by atoms with Gasteiger partial charge >= 0.3 is 5.97 Å². The van der Waals surface area contributed by atoms with Crippen molar-refractivity contribution in [2.45, 2.75) is 6.92 Å². The van der Waals surface area contributed by atoms with Crippen molar-refractivity contribution in [1.29, 1.82) is 0 Å². The number of carbonyl (C=O) groups excluding carboxylic acids is 1. The first kappa shape index (κ1) is 14.1. The fourth-order valence-corrected chi connectivity index (χ4v) is 2.05. The Hall–Kier alpha value is -2.83. The van der Waals surface area contributed by atoms with Crippen molar-refractivity contribution in [2.75, 3.05) is 0 Å². The molecule has 0 atom stereocenters. The molecule has 0 saturated carbocycles. The van der Waals surface area contributed by atoms with E-state index in [4.69, 9.17) is 9.26 Å². The molecule has 7 heteroatoms. The molecule has 0 spiro atoms. The van der Waals surface area contributed by atoms with Gasteiger partial charge < -0.3 is 9.26 Å². The summed E-state index contributed by atoms with van der Waals surface area (Å²) in [5.41, 5.74) is 0.455. The van der Waals surface area contributed by atoms with Crippen molar-refractivity contribution in [3.05, 3.63) is 47.8 Å². The molecule has 1 aromatic heterocycles. The molecule has 112 valence electrons. The summed E-state index contributed by atoms with van der Waals surface area (Å²) in [7, 11) is 0. The average molecular weight is 307 g/mol. The Labute approximate surface area is 122 Å². The predicted octanol–water partition coefficient (Wildman–Crippen LogP) is 3.84. The number of nitrogens with zero attached hydrogens (tertiary/aromatic N) is 1. The van der Waals surface area contributed by atoms with Crippen LogP contribution in [0, 0.1) is 17.5 Å². The monoisotopic (exact) mass is 307 g/mol. The second-order valence-corrected chi connectivity index (χ2v) is 4.54. The van der Waals surface area contributed by atoms with Crippen LogP contribution in [0.1, 0.15) is 6.92 Å². The molecule has 0 fully saturated rings. The summed E-state index contributed by atoms with van der Waals surface area (Å²) in [6.07, 6.45) is 0. The van der Waals surface area contributed by atoms with E-state index in [0.717, 1.165) is 12.1 Å². The molecule has 0 amide bonds. The first-order valence-electron chi connectivity index (χ1n) is 6.18. The van der Waals surface area contributed by atoms with Crippen LogP contribution in [-0.4, -0.2) is 11.1 Å². The first-order chi connectivity index (χ1) is 10.5. The zero-order valence-corrected chi connectivity index (χ0v) is 11.2. The van der Waals surface area contributed by atoms with E-state index < -0.39 is 23.4 Å². The van der Waals surface area contributed by atoms with Gasteiger partial charge in [0.2, 0.25) is 0 Å². The summed E-state index contributed by atoms with van der Waals surface area (Å²) in [5, 5.41) is 4.17. The van der Waals surface area contributed by atoms with Crippen molar-refractivity contribution in [3.8, 4) is 17.0 Å². The lowest BCUT2D eigenvalue weighted by Gasteiger charge is -2.01. The minimum absolute atomic E-state index is 0.0374. The molecule has 0 radical (unpaired) electrons. The summed E-state index contributed by atoms with van der Waals surface area (Å²) in [5.74, 6) is -4.43. The average Bonchev–Trinajstić information content (AvgIpc) is 2.86. The number of aromatic nitrogens is 1. The van der Waals surface area contributed by atoms with Crippen LogP contribution in [0.4, 0.5) is 13.2 Å². The van der Waals surface area contributed by atoms with Gasteiger partial charge in [0, 0.05) is 23.9 Å². The highest BCUT2D eigenvalue weighted by atomic mass is 19.2. The summed E-state index contributed by atoms with van der Waals surface area (Å²) >= 11 is 0. The topological polar surface area (TPSA) is 52.3 Å². The van der Waals surface area contributed by atoms with Crippen LogP contribution in [-0.2, 0) is 4.79 Å². The van der Waals surface area contributed by atoms with Crippen LogP contribution in [0.2, 0.25) is 0 Å². The Kier molecular flexibility index (Phi) is 3.32. The fraction of sp³-hybridized carbons (Fsp3) is 0.0667. The number of benzene rings is 2. The number of rotatable bonds is 2. The van der Waals surface area contributed by atoms with Crippen LogP contribution in [0.15, 0.2) is 34.9 Å². The number of esters is 1. The van der Waals surface area contributed by atoms with Gasteiger partial charge in [-0.05, 0) is 24.3 Å². The summed E-state index contributed by atoms with van der Waals surface area (Å²) in [4.78, 5) is 10.9. The van der Waals surface area contributed by atoms with Gasteiger partial charge in [0.05, 0.1) is 0 Å². The third-order valence-electron chi connectivity index (χ3n) is 2.96. The lowest BCUT2D eigenvalue weighted by Crippen LogP contribution is -2.00. The molecule has 3 rings (SSSR count). The number of ether oxygens (including phenoxy) is 1. The smallest absolute Gasteiger partial charge is 0.308 e. The Bertz CT molecular complexity index is 866. The molecule has 22 heavy (non-hydrogen) atoms. The number of carbonyl (C=O) groups is 1. The molecule has 4 nitrogen and oxygen atoms in total. The number of halogens is 3. The third-order valence-corrected chi connectivity index (χ3v) is 2.96. The number of hydrogen-bond donors (Lipinski definition) is 0. The molecule has 2 aromatic carbocycles. The molecule has 0 aliphatic heterocycles. The van der Waals surface area contributed by atoms with Gasteiger partial charge in [0.15, 0.2) is 23.0 Å². The molecule has 0 N–H and O–H groups in total. The molecule has 1 heterocycles. The van der Waals surface area contributed by atoms with Gasteiger partial charge in [0.25, 0.3) is 0 Å². The van der Waals surface area contributed by atoms with Crippen molar-refractivity contribution < 1.29 is 27.2 Å². The summed E-state index contributed by atoms with van der Waals surface area (Å²) in [6, 6.07) is 6.09. The molecular formula is C15H8F3NO3. The molecule has 0 aliphatic carbocycles. The quantitative estimate of drug-likeness (QED) is 0.410. The second-order valence-electron chi connectivity index (χ2n) is 4.54. The molecule has 0 saturated heterocycles. The maximum absolute atomic E-state index is 13.3. The van der Waals surface area contributed by atoms with Crippen LogP contribution in [0.25, 0.3) is 22.2 Å². The fourth-order valence-electron chi connectivity index (χ4n) is 2.05. The van der Waals surface area contributed by atoms with Crippen molar-refractivity contribution in [3.63, 3.8) is 0 Å². The van der Waals surface area contributed by atoms with Crippen LogP contribution >= 0.6 is 0 Å². The lowest BCUT2D eigenvalue weighted by atomic mass is 10.1. The number of fused-ring (bicyclic) bond motifs is 1. The zero-order chi connectivity index (χ0) is 15.9. The van der Waals surface area contributed by atoms with Crippen LogP contribution in [0.5, 0.6) is 5.75 Å². The van der Waals surface area contributed by atoms with Gasteiger partial charge in [-0.3, -0.25) is 4.79 Å². The molecule has 3 aromatic rings. The SMILES string of the molecule is CC(=O)Oc1ccc2c(-c3cc(F)c(F)c(F)c3)noc2c1. The molecule has 0 aliphatic rings. The second kappa shape index (κ2) is 5.18. The third kappa shape index (κ3) is 2.41. The summed E-state index contributed by atoms with van der Waals surface area (Å²) < 4.78 is 49.6. The Morgan fingerprint density at radius 1 is 1.14 bits per heavy atom. The Balaban J connectivity index is 2.11. The molecule has 0 bridgehead atoms. The normalized spacial score (nSPS) is 10.9. The molecule has 0 unspecified atom stereocenters. The van der Waals surface area contributed by atoms with Gasteiger partial charge in [-0.1, -0.05) is 5.16 Å². The predicted molar refractivity (Wildman–Crippen MR) is 70.6 cm³/mol. The van der Waals surface area contributed by atoms with E-state index in [-0.39, 0.29) is 22.6 Å². The van der Waals surface area contributed by atoms with E-state index in [1.165, 1.54) is 25.1 Å². The largest absolute Gasteiger partial charge is 0.427 e. The van der Waals surface area contributed by atoms with Crippen molar-refractivity contribution >= 4 is 16.9 Å². The van der Waals surface area contributed by atoms with Gasteiger partial charge in [0.1, 0.15) is 11.4 Å². The van der Waals surface area contributed by atoms with Gasteiger partial charge in [-0.25, -0.2) is 13.2 Å². The van der Waals surface area contributed by atoms with E-state index >= 15 is 0 Å². The minimum Gasteiger partial charge on any atom is -0.427 e. The first-order valence-corrected chi connectivity index (χ1v) is 6.18. The van der Waals surface area contributed by atoms with E-state index in [1.54, 1.807) is 0 Å². The van der Waals surface area contributed by atoms with E-state index in [0.29, 0.717) is 5.39 Å². The highest BCUT2D eigenvalue weighted by Crippen LogP contribution is 2.31. The van der Waals surface area contributed by atoms with Gasteiger partial charge in [-0.2, -0.15) is 0 Å². The Morgan fingerprint density at radius 3 is 2.45 bits per heavy atom. The van der Waals surface area contributed by atoms with Crippen molar-refractivity contribution in [2.24, 2.45) is 0 Å². The van der Waals surface area contributed by atoms with Crippen molar-refractivity contribution in [1.82, 2.24) is 5.16 Å². The van der Waals surface area contributed by atoms with E-state index in [9.17, 15) is 18.0 Å². The van der Waals surface area contributed by atoms with Crippen LogP contribution in [0.3, 0.4) is 0 Å². The summed E-state index contributed by atoms with van der Waals surface area (Å²) in [6.45, 7) is 1.25. The van der Waals surface area contributed by atoms with Crippen LogP contribution < -0.4 is 4.74 Å². The molecular weight excluding hydrogens is 299 g/mol. The maximum atomic E-state index is 13.3. The van der Waals surface area contributed by atoms with E-state index in [1.807, 2.05) is 0 Å².